The number of rotatable bonds is 0. The molecule has 0 radical (unpaired) electrons. The molecule has 0 aliphatic carbocycles. The van der Waals surface area contributed by atoms with Gasteiger partial charge in [0, 0.05) is 11.1 Å². The molecule has 0 atom stereocenters. The van der Waals surface area contributed by atoms with Crippen molar-refractivity contribution in [3.63, 3.8) is 0 Å². The van der Waals surface area contributed by atoms with E-state index in [4.69, 9.17) is 11.6 Å². The van der Waals surface area contributed by atoms with Gasteiger partial charge in [-0.2, -0.15) is 0 Å². The summed E-state index contributed by atoms with van der Waals surface area (Å²) >= 11 is 5.54. The van der Waals surface area contributed by atoms with Crippen LogP contribution in [-0.2, 0) is 0 Å². The van der Waals surface area contributed by atoms with Gasteiger partial charge in [0.05, 0.1) is 5.69 Å². The number of hydrogen-bond acceptors (Lipinski definition) is 2. The van der Waals surface area contributed by atoms with Crippen LogP contribution in [0.15, 0.2) is 47.2 Å². The normalized spacial score (nSPS) is 8.77. The van der Waals surface area contributed by atoms with Crippen LogP contribution in [0, 0.1) is 6.92 Å². The summed E-state index contributed by atoms with van der Waals surface area (Å²) in [6.07, 6.45) is 1.55. The third-order valence-corrected chi connectivity index (χ3v) is 1.55. The Bertz CT molecular complexity index is 318. The minimum atomic E-state index is 0.794. The SMILES string of the molecule is Cc1ccon1.Clc1ccccc1. The zero-order chi connectivity index (χ0) is 9.52. The van der Waals surface area contributed by atoms with Crippen LogP contribution in [0.25, 0.3) is 0 Å². The van der Waals surface area contributed by atoms with Crippen LogP contribution in [0.4, 0.5) is 0 Å². The quantitative estimate of drug-likeness (QED) is 0.645. The van der Waals surface area contributed by atoms with Gasteiger partial charge in [-0.15, -0.1) is 0 Å². The molecule has 68 valence electrons. The van der Waals surface area contributed by atoms with Crippen molar-refractivity contribution in [3.05, 3.63) is 53.4 Å². The van der Waals surface area contributed by atoms with Gasteiger partial charge in [-0.1, -0.05) is 35.0 Å². The summed E-state index contributed by atoms with van der Waals surface area (Å²) in [4.78, 5) is 0. The Morgan fingerprint density at radius 2 is 1.85 bits per heavy atom. The molecular weight excluding hydrogens is 186 g/mol. The molecule has 0 spiro atoms. The van der Waals surface area contributed by atoms with Crippen molar-refractivity contribution in [1.82, 2.24) is 5.16 Å². The molecule has 0 amide bonds. The molecule has 2 aromatic rings. The van der Waals surface area contributed by atoms with Crippen molar-refractivity contribution in [2.75, 3.05) is 0 Å². The molecule has 1 aromatic heterocycles. The fourth-order valence-corrected chi connectivity index (χ4v) is 0.833. The second-order valence-corrected chi connectivity index (χ2v) is 2.87. The predicted octanol–water partition coefficient (Wildman–Crippen LogP) is 3.32. The summed E-state index contributed by atoms with van der Waals surface area (Å²) in [5.41, 5.74) is 0.926. The number of benzene rings is 1. The molecule has 0 saturated carbocycles. The molecule has 0 fully saturated rings. The number of hydrogen-bond donors (Lipinski definition) is 0. The van der Waals surface area contributed by atoms with Gasteiger partial charge in [0.15, 0.2) is 0 Å². The van der Waals surface area contributed by atoms with E-state index >= 15 is 0 Å². The standard InChI is InChI=1S/C6H5Cl.C4H5NO/c7-6-4-2-1-3-5-6;1-4-2-3-6-5-4/h1-5H;2-3H,1H3. The van der Waals surface area contributed by atoms with Gasteiger partial charge in [-0.3, -0.25) is 0 Å². The van der Waals surface area contributed by atoms with Crippen LogP contribution in [0.2, 0.25) is 5.02 Å². The van der Waals surface area contributed by atoms with E-state index in [1.165, 1.54) is 0 Å². The second-order valence-electron chi connectivity index (χ2n) is 2.44. The number of halogens is 1. The lowest BCUT2D eigenvalue weighted by molar-refractivity contribution is 0.415. The van der Waals surface area contributed by atoms with Gasteiger partial charge in [0.2, 0.25) is 0 Å². The number of aromatic nitrogens is 1. The maximum Gasteiger partial charge on any atom is 0.124 e. The zero-order valence-electron chi connectivity index (χ0n) is 7.27. The maximum absolute atomic E-state index is 5.54. The lowest BCUT2D eigenvalue weighted by Crippen LogP contribution is -1.59. The van der Waals surface area contributed by atoms with Crippen molar-refractivity contribution >= 4 is 11.6 Å². The number of aryl methyl sites for hydroxylation is 1. The average molecular weight is 196 g/mol. The highest BCUT2D eigenvalue weighted by molar-refractivity contribution is 6.30. The Balaban J connectivity index is 0.000000132. The fraction of sp³-hybridized carbons (Fsp3) is 0.100. The highest BCUT2D eigenvalue weighted by Gasteiger charge is 1.78. The summed E-state index contributed by atoms with van der Waals surface area (Å²) in [5, 5.41) is 4.34. The van der Waals surface area contributed by atoms with Crippen LogP contribution in [0.5, 0.6) is 0 Å². The minimum Gasteiger partial charge on any atom is -0.365 e. The van der Waals surface area contributed by atoms with E-state index in [1.54, 1.807) is 12.3 Å². The molecule has 0 saturated heterocycles. The van der Waals surface area contributed by atoms with Gasteiger partial charge in [0.25, 0.3) is 0 Å². The summed E-state index contributed by atoms with van der Waals surface area (Å²) in [7, 11) is 0. The molecule has 0 N–H and O–H groups in total. The Labute approximate surface area is 82.1 Å². The largest absolute Gasteiger partial charge is 0.365 e. The smallest absolute Gasteiger partial charge is 0.124 e. The van der Waals surface area contributed by atoms with E-state index in [2.05, 4.69) is 9.68 Å². The first-order valence-corrected chi connectivity index (χ1v) is 4.24. The molecular formula is C10H10ClNO. The maximum atomic E-state index is 5.54. The Hall–Kier alpha value is -1.28. The highest BCUT2D eigenvalue weighted by Crippen LogP contribution is 2.03. The van der Waals surface area contributed by atoms with Gasteiger partial charge in [-0.25, -0.2) is 0 Å². The van der Waals surface area contributed by atoms with Crippen molar-refractivity contribution in [2.24, 2.45) is 0 Å². The van der Waals surface area contributed by atoms with Gasteiger partial charge in [0.1, 0.15) is 6.26 Å². The molecule has 0 aliphatic heterocycles. The molecule has 0 aliphatic rings. The molecule has 1 aromatic carbocycles. The van der Waals surface area contributed by atoms with Crippen molar-refractivity contribution in [1.29, 1.82) is 0 Å². The summed E-state index contributed by atoms with van der Waals surface area (Å²) in [5.74, 6) is 0. The van der Waals surface area contributed by atoms with Crippen molar-refractivity contribution in [2.45, 2.75) is 6.92 Å². The van der Waals surface area contributed by atoms with Gasteiger partial charge < -0.3 is 4.52 Å². The summed E-state index contributed by atoms with van der Waals surface area (Å²) in [6, 6.07) is 11.2. The Kier molecular flexibility index (Phi) is 4.06. The van der Waals surface area contributed by atoms with Crippen LogP contribution < -0.4 is 0 Å². The van der Waals surface area contributed by atoms with Crippen LogP contribution in [0.1, 0.15) is 5.69 Å². The van der Waals surface area contributed by atoms with Crippen molar-refractivity contribution < 1.29 is 4.52 Å². The van der Waals surface area contributed by atoms with E-state index in [1.807, 2.05) is 37.3 Å². The van der Waals surface area contributed by atoms with E-state index in [9.17, 15) is 0 Å². The Morgan fingerprint density at radius 3 is 2.08 bits per heavy atom. The third-order valence-electron chi connectivity index (χ3n) is 1.30. The summed E-state index contributed by atoms with van der Waals surface area (Å²) in [6.45, 7) is 1.88. The minimum absolute atomic E-state index is 0.794. The monoisotopic (exact) mass is 195 g/mol. The first-order chi connectivity index (χ1) is 6.29. The van der Waals surface area contributed by atoms with E-state index in [0.717, 1.165) is 10.7 Å². The molecule has 2 nitrogen and oxygen atoms in total. The van der Waals surface area contributed by atoms with Gasteiger partial charge >= 0.3 is 0 Å². The molecule has 0 unspecified atom stereocenters. The van der Waals surface area contributed by atoms with E-state index < -0.39 is 0 Å². The Morgan fingerprint density at radius 1 is 1.15 bits per heavy atom. The first-order valence-electron chi connectivity index (χ1n) is 3.86. The number of nitrogens with zero attached hydrogens (tertiary/aromatic N) is 1. The molecule has 2 rings (SSSR count). The van der Waals surface area contributed by atoms with Gasteiger partial charge in [-0.05, 0) is 19.1 Å². The summed E-state index contributed by atoms with van der Waals surface area (Å²) < 4.78 is 4.46. The highest BCUT2D eigenvalue weighted by atomic mass is 35.5. The van der Waals surface area contributed by atoms with Crippen molar-refractivity contribution in [3.8, 4) is 0 Å². The van der Waals surface area contributed by atoms with Crippen LogP contribution >= 0.6 is 11.6 Å². The lowest BCUT2D eigenvalue weighted by atomic mass is 10.4. The molecule has 0 bridgehead atoms. The van der Waals surface area contributed by atoms with Crippen LogP contribution in [-0.4, -0.2) is 5.16 Å². The lowest BCUT2D eigenvalue weighted by Gasteiger charge is -1.80. The predicted molar refractivity (Wildman–Crippen MR) is 52.7 cm³/mol. The topological polar surface area (TPSA) is 26.0 Å². The average Bonchev–Trinajstić information content (AvgIpc) is 2.58. The zero-order valence-corrected chi connectivity index (χ0v) is 8.03. The molecule has 3 heteroatoms. The first kappa shape index (κ1) is 9.81. The van der Waals surface area contributed by atoms with E-state index in [-0.39, 0.29) is 0 Å². The van der Waals surface area contributed by atoms with Crippen LogP contribution in [0.3, 0.4) is 0 Å². The van der Waals surface area contributed by atoms with E-state index in [0.29, 0.717) is 0 Å². The third kappa shape index (κ3) is 4.33. The second kappa shape index (κ2) is 5.38. The molecule has 1 heterocycles. The fourth-order valence-electron chi connectivity index (χ4n) is 0.688. The molecule has 13 heavy (non-hydrogen) atoms.